The van der Waals surface area contributed by atoms with Crippen molar-refractivity contribution >= 4 is 5.97 Å². The molecular weight excluding hydrogens is 196 g/mol. The molecule has 0 radical (unpaired) electrons. The summed E-state index contributed by atoms with van der Waals surface area (Å²) in [6, 6.07) is 6.87. The molecule has 0 aromatic heterocycles. The van der Waals surface area contributed by atoms with E-state index in [0.717, 1.165) is 5.56 Å². The van der Waals surface area contributed by atoms with E-state index in [1.807, 2.05) is 0 Å². The minimum Gasteiger partial charge on any atom is -0.482 e. The standard InChI is InChI=1S/C11H14O4/c1-2-14-11(13)8-15-10-5-3-9(7-12)4-6-10/h3-6,12H,2,7-8H2,1H3. The number of aliphatic hydroxyl groups excluding tert-OH is 1. The van der Waals surface area contributed by atoms with E-state index in [-0.39, 0.29) is 19.2 Å². The zero-order chi connectivity index (χ0) is 11.1. The van der Waals surface area contributed by atoms with Crippen molar-refractivity contribution in [3.8, 4) is 5.75 Å². The summed E-state index contributed by atoms with van der Waals surface area (Å²) in [6.45, 7) is 2.00. The first-order valence-electron chi connectivity index (χ1n) is 4.74. The molecule has 0 aliphatic carbocycles. The Morgan fingerprint density at radius 1 is 1.33 bits per heavy atom. The van der Waals surface area contributed by atoms with Gasteiger partial charge in [-0.15, -0.1) is 0 Å². The molecule has 0 spiro atoms. The van der Waals surface area contributed by atoms with E-state index in [2.05, 4.69) is 0 Å². The molecule has 0 aliphatic rings. The predicted molar refractivity (Wildman–Crippen MR) is 54.5 cm³/mol. The number of ether oxygens (including phenoxy) is 2. The predicted octanol–water partition coefficient (Wildman–Crippen LogP) is 1.12. The normalized spacial score (nSPS) is 9.73. The van der Waals surface area contributed by atoms with Gasteiger partial charge in [0.05, 0.1) is 13.2 Å². The molecule has 0 unspecified atom stereocenters. The van der Waals surface area contributed by atoms with Gasteiger partial charge in [0.2, 0.25) is 0 Å². The van der Waals surface area contributed by atoms with Gasteiger partial charge in [-0.2, -0.15) is 0 Å². The minimum atomic E-state index is -0.385. The number of rotatable bonds is 5. The first-order chi connectivity index (χ1) is 7.26. The number of hydrogen-bond donors (Lipinski definition) is 1. The van der Waals surface area contributed by atoms with Crippen LogP contribution in [0, 0.1) is 0 Å². The molecule has 0 aliphatic heterocycles. The Morgan fingerprint density at radius 3 is 2.53 bits per heavy atom. The van der Waals surface area contributed by atoms with Crippen molar-refractivity contribution in [1.82, 2.24) is 0 Å². The Kier molecular flexibility index (Phi) is 4.63. The van der Waals surface area contributed by atoms with Gasteiger partial charge >= 0.3 is 5.97 Å². The van der Waals surface area contributed by atoms with E-state index in [1.54, 1.807) is 31.2 Å². The molecule has 0 saturated heterocycles. The van der Waals surface area contributed by atoms with E-state index in [4.69, 9.17) is 14.6 Å². The van der Waals surface area contributed by atoms with Gasteiger partial charge in [-0.25, -0.2) is 4.79 Å². The highest BCUT2D eigenvalue weighted by Crippen LogP contribution is 2.11. The zero-order valence-electron chi connectivity index (χ0n) is 8.60. The van der Waals surface area contributed by atoms with Gasteiger partial charge in [0.1, 0.15) is 5.75 Å². The lowest BCUT2D eigenvalue weighted by molar-refractivity contribution is -0.145. The van der Waals surface area contributed by atoms with Crippen LogP contribution in [-0.4, -0.2) is 24.3 Å². The van der Waals surface area contributed by atoms with Gasteiger partial charge in [-0.05, 0) is 24.6 Å². The van der Waals surface area contributed by atoms with Gasteiger partial charge in [0.15, 0.2) is 6.61 Å². The van der Waals surface area contributed by atoms with Crippen molar-refractivity contribution in [2.45, 2.75) is 13.5 Å². The van der Waals surface area contributed by atoms with Crippen molar-refractivity contribution in [3.05, 3.63) is 29.8 Å². The average molecular weight is 210 g/mol. The molecule has 1 aromatic carbocycles. The van der Waals surface area contributed by atoms with Crippen LogP contribution in [-0.2, 0) is 16.1 Å². The summed E-state index contributed by atoms with van der Waals surface area (Å²) in [5, 5.41) is 8.80. The molecule has 0 fully saturated rings. The summed E-state index contributed by atoms with van der Waals surface area (Å²) in [4.78, 5) is 11.0. The fraction of sp³-hybridized carbons (Fsp3) is 0.364. The Labute approximate surface area is 88.4 Å². The lowest BCUT2D eigenvalue weighted by Crippen LogP contribution is -2.14. The Balaban J connectivity index is 2.40. The van der Waals surface area contributed by atoms with E-state index < -0.39 is 0 Å². The molecule has 82 valence electrons. The molecule has 0 bridgehead atoms. The van der Waals surface area contributed by atoms with Gasteiger partial charge in [-0.1, -0.05) is 12.1 Å². The molecule has 0 amide bonds. The highest BCUT2D eigenvalue weighted by atomic mass is 16.6. The maximum Gasteiger partial charge on any atom is 0.344 e. The van der Waals surface area contributed by atoms with Gasteiger partial charge < -0.3 is 14.6 Å². The molecule has 0 atom stereocenters. The van der Waals surface area contributed by atoms with Crippen LogP contribution in [0.1, 0.15) is 12.5 Å². The van der Waals surface area contributed by atoms with E-state index in [9.17, 15) is 4.79 Å². The number of carbonyl (C=O) groups is 1. The third-order valence-corrected chi connectivity index (χ3v) is 1.77. The van der Waals surface area contributed by atoms with Gasteiger partial charge in [-0.3, -0.25) is 0 Å². The summed E-state index contributed by atoms with van der Waals surface area (Å²) < 4.78 is 9.87. The smallest absolute Gasteiger partial charge is 0.344 e. The third kappa shape index (κ3) is 3.99. The van der Waals surface area contributed by atoms with Gasteiger partial charge in [0.25, 0.3) is 0 Å². The number of aliphatic hydroxyl groups is 1. The molecule has 15 heavy (non-hydrogen) atoms. The molecular formula is C11H14O4. The Hall–Kier alpha value is -1.55. The summed E-state index contributed by atoms with van der Waals surface area (Å²) in [5.41, 5.74) is 0.804. The molecule has 4 nitrogen and oxygen atoms in total. The zero-order valence-corrected chi connectivity index (χ0v) is 8.60. The third-order valence-electron chi connectivity index (χ3n) is 1.77. The SMILES string of the molecule is CCOC(=O)COc1ccc(CO)cc1. The summed E-state index contributed by atoms with van der Waals surface area (Å²) in [7, 11) is 0. The number of hydrogen-bond acceptors (Lipinski definition) is 4. The fourth-order valence-electron chi connectivity index (χ4n) is 1.04. The van der Waals surface area contributed by atoms with Crippen molar-refractivity contribution in [2.24, 2.45) is 0 Å². The molecule has 1 N–H and O–H groups in total. The van der Waals surface area contributed by atoms with Crippen LogP contribution < -0.4 is 4.74 Å². The van der Waals surface area contributed by atoms with E-state index in [0.29, 0.717) is 12.4 Å². The van der Waals surface area contributed by atoms with Crippen molar-refractivity contribution in [1.29, 1.82) is 0 Å². The number of carbonyl (C=O) groups excluding carboxylic acids is 1. The van der Waals surface area contributed by atoms with Crippen LogP contribution >= 0.6 is 0 Å². The van der Waals surface area contributed by atoms with Gasteiger partial charge in [0, 0.05) is 0 Å². The first-order valence-corrected chi connectivity index (χ1v) is 4.74. The van der Waals surface area contributed by atoms with Crippen LogP contribution in [0.3, 0.4) is 0 Å². The second-order valence-corrected chi connectivity index (χ2v) is 2.90. The quantitative estimate of drug-likeness (QED) is 0.740. The largest absolute Gasteiger partial charge is 0.482 e. The monoisotopic (exact) mass is 210 g/mol. The summed E-state index contributed by atoms with van der Waals surface area (Å²) in [5.74, 6) is 0.198. The molecule has 1 aromatic rings. The van der Waals surface area contributed by atoms with E-state index >= 15 is 0 Å². The highest BCUT2D eigenvalue weighted by molar-refractivity contribution is 5.71. The molecule has 1 rings (SSSR count). The lowest BCUT2D eigenvalue weighted by Gasteiger charge is -2.05. The molecule has 0 saturated carbocycles. The van der Waals surface area contributed by atoms with Crippen molar-refractivity contribution in [3.63, 3.8) is 0 Å². The second-order valence-electron chi connectivity index (χ2n) is 2.90. The maximum atomic E-state index is 11.0. The summed E-state index contributed by atoms with van der Waals surface area (Å²) >= 11 is 0. The second kappa shape index (κ2) is 6.03. The van der Waals surface area contributed by atoms with Crippen LogP contribution in [0.4, 0.5) is 0 Å². The fourth-order valence-corrected chi connectivity index (χ4v) is 1.04. The van der Waals surface area contributed by atoms with E-state index in [1.165, 1.54) is 0 Å². The minimum absolute atomic E-state index is 0.00183. The van der Waals surface area contributed by atoms with Crippen LogP contribution in [0.25, 0.3) is 0 Å². The number of esters is 1. The van der Waals surface area contributed by atoms with Crippen LogP contribution in [0.2, 0.25) is 0 Å². The average Bonchev–Trinajstić information content (AvgIpc) is 2.27. The molecule has 0 heterocycles. The first kappa shape index (κ1) is 11.5. The van der Waals surface area contributed by atoms with Crippen LogP contribution in [0.5, 0.6) is 5.75 Å². The maximum absolute atomic E-state index is 11.0. The lowest BCUT2D eigenvalue weighted by atomic mass is 10.2. The Bertz CT molecular complexity index is 305. The number of benzene rings is 1. The topological polar surface area (TPSA) is 55.8 Å². The Morgan fingerprint density at radius 2 is 2.00 bits per heavy atom. The van der Waals surface area contributed by atoms with Crippen molar-refractivity contribution in [2.75, 3.05) is 13.2 Å². The van der Waals surface area contributed by atoms with Crippen molar-refractivity contribution < 1.29 is 19.4 Å². The molecule has 4 heteroatoms. The van der Waals surface area contributed by atoms with Crippen LogP contribution in [0.15, 0.2) is 24.3 Å². The summed E-state index contributed by atoms with van der Waals surface area (Å²) in [6.07, 6.45) is 0. The highest BCUT2D eigenvalue weighted by Gasteiger charge is 2.02.